The van der Waals surface area contributed by atoms with Crippen LogP contribution in [0.4, 0.5) is 0 Å². The molecule has 1 aliphatic rings. The lowest BCUT2D eigenvalue weighted by atomic mass is 9.89. The molecular weight excluding hydrogens is 246 g/mol. The summed E-state index contributed by atoms with van der Waals surface area (Å²) in [5.41, 5.74) is 6.47. The zero-order chi connectivity index (χ0) is 14.3. The molecule has 0 saturated carbocycles. The van der Waals surface area contributed by atoms with Gasteiger partial charge in [-0.2, -0.15) is 0 Å². The molecular formula is C18H19NO. The highest BCUT2D eigenvalue weighted by molar-refractivity contribution is 6.03. The summed E-state index contributed by atoms with van der Waals surface area (Å²) in [5.74, 6) is 0.170. The van der Waals surface area contributed by atoms with Gasteiger partial charge >= 0.3 is 0 Å². The Kier molecular flexibility index (Phi) is 3.17. The monoisotopic (exact) mass is 265 g/mol. The lowest BCUT2D eigenvalue weighted by molar-refractivity contribution is 0.0957. The van der Waals surface area contributed by atoms with Crippen LogP contribution in [-0.4, -0.2) is 10.8 Å². The number of benzene rings is 1. The van der Waals surface area contributed by atoms with E-state index in [1.165, 1.54) is 11.1 Å². The van der Waals surface area contributed by atoms with Crippen LogP contribution < -0.4 is 0 Å². The molecule has 0 radical (unpaired) electrons. The highest BCUT2D eigenvalue weighted by Crippen LogP contribution is 2.35. The average molecular weight is 265 g/mol. The van der Waals surface area contributed by atoms with Crippen molar-refractivity contribution in [1.29, 1.82) is 0 Å². The van der Waals surface area contributed by atoms with Crippen LogP contribution in [0.3, 0.4) is 0 Å². The molecule has 2 heteroatoms. The molecule has 2 nitrogen and oxygen atoms in total. The quantitative estimate of drug-likeness (QED) is 0.770. The number of hydrogen-bond donors (Lipinski definition) is 0. The fraction of sp³-hybridized carbons (Fsp3) is 0.333. The largest absolute Gasteiger partial charge is 0.293 e. The number of aryl methyl sites for hydroxylation is 4. The summed E-state index contributed by atoms with van der Waals surface area (Å²) in [6.45, 7) is 6.13. The highest BCUT2D eigenvalue weighted by Gasteiger charge is 2.31. The van der Waals surface area contributed by atoms with Crippen LogP contribution in [0.1, 0.15) is 50.6 Å². The summed E-state index contributed by atoms with van der Waals surface area (Å²) in [4.78, 5) is 17.4. The number of nitrogens with zero attached hydrogens (tertiary/aromatic N) is 1. The first-order valence-corrected chi connectivity index (χ1v) is 7.14. The van der Waals surface area contributed by atoms with Crippen molar-refractivity contribution >= 4 is 5.78 Å². The standard InChI is InChI=1S/C18H19NO/c1-11-9-12(2)16(13(3)10-11)18(20)15-7-6-14-5-4-8-19-17(14)15/h4-5,8-10,15H,6-7H2,1-3H3. The minimum atomic E-state index is -0.0636. The number of ketones is 1. The first-order valence-electron chi connectivity index (χ1n) is 7.14. The summed E-state index contributed by atoms with van der Waals surface area (Å²) in [6, 6.07) is 8.22. The molecule has 1 aromatic carbocycles. The smallest absolute Gasteiger partial charge is 0.172 e. The summed E-state index contributed by atoms with van der Waals surface area (Å²) in [6.07, 6.45) is 3.64. The molecule has 1 aromatic heterocycles. The first kappa shape index (κ1) is 13.0. The van der Waals surface area contributed by atoms with E-state index in [0.29, 0.717) is 0 Å². The van der Waals surface area contributed by atoms with Crippen LogP contribution in [0.25, 0.3) is 0 Å². The highest BCUT2D eigenvalue weighted by atomic mass is 16.1. The van der Waals surface area contributed by atoms with E-state index in [1.807, 2.05) is 19.9 Å². The maximum Gasteiger partial charge on any atom is 0.172 e. The minimum absolute atomic E-state index is 0.0636. The van der Waals surface area contributed by atoms with Gasteiger partial charge in [0.1, 0.15) is 0 Å². The van der Waals surface area contributed by atoms with E-state index in [2.05, 4.69) is 30.1 Å². The molecule has 0 saturated heterocycles. The van der Waals surface area contributed by atoms with Gasteiger partial charge in [0.15, 0.2) is 5.78 Å². The maximum absolute atomic E-state index is 12.9. The van der Waals surface area contributed by atoms with E-state index in [-0.39, 0.29) is 11.7 Å². The molecule has 1 heterocycles. The van der Waals surface area contributed by atoms with Gasteiger partial charge in [0.05, 0.1) is 11.6 Å². The van der Waals surface area contributed by atoms with E-state index < -0.39 is 0 Å². The molecule has 0 bridgehead atoms. The normalized spacial score (nSPS) is 17.1. The van der Waals surface area contributed by atoms with Crippen molar-refractivity contribution in [2.24, 2.45) is 0 Å². The van der Waals surface area contributed by atoms with Gasteiger partial charge in [-0.1, -0.05) is 23.8 Å². The molecule has 1 aliphatic carbocycles. The third kappa shape index (κ3) is 2.05. The molecule has 102 valence electrons. The maximum atomic E-state index is 12.9. The molecule has 0 fully saturated rings. The Morgan fingerprint density at radius 3 is 2.60 bits per heavy atom. The Hall–Kier alpha value is -1.96. The van der Waals surface area contributed by atoms with Crippen molar-refractivity contribution in [2.45, 2.75) is 39.5 Å². The molecule has 3 rings (SSSR count). The molecule has 1 atom stereocenters. The molecule has 20 heavy (non-hydrogen) atoms. The molecule has 0 N–H and O–H groups in total. The first-order chi connectivity index (χ1) is 9.58. The zero-order valence-electron chi connectivity index (χ0n) is 12.2. The van der Waals surface area contributed by atoms with Crippen molar-refractivity contribution < 1.29 is 4.79 Å². The fourth-order valence-electron chi connectivity index (χ4n) is 3.41. The van der Waals surface area contributed by atoms with Gasteiger partial charge in [-0.15, -0.1) is 0 Å². The summed E-state index contributed by atoms with van der Waals surface area (Å²) < 4.78 is 0. The summed E-state index contributed by atoms with van der Waals surface area (Å²) in [5, 5.41) is 0. The number of pyridine rings is 1. The van der Waals surface area contributed by atoms with E-state index in [1.54, 1.807) is 6.20 Å². The molecule has 2 aromatic rings. The number of carbonyl (C=O) groups excluding carboxylic acids is 1. The minimum Gasteiger partial charge on any atom is -0.293 e. The number of aromatic nitrogens is 1. The Labute approximate surface area is 119 Å². The van der Waals surface area contributed by atoms with Gasteiger partial charge in [-0.3, -0.25) is 9.78 Å². The lowest BCUT2D eigenvalue weighted by Gasteiger charge is -2.15. The topological polar surface area (TPSA) is 30.0 Å². The molecule has 1 unspecified atom stereocenters. The summed E-state index contributed by atoms with van der Waals surface area (Å²) in [7, 11) is 0. The number of fused-ring (bicyclic) bond motifs is 1. The second-order valence-corrected chi connectivity index (χ2v) is 5.78. The number of carbonyl (C=O) groups is 1. The van der Waals surface area contributed by atoms with E-state index in [9.17, 15) is 4.79 Å². The van der Waals surface area contributed by atoms with Crippen LogP contribution in [0, 0.1) is 20.8 Å². The summed E-state index contributed by atoms with van der Waals surface area (Å²) >= 11 is 0. The molecule has 0 aliphatic heterocycles. The van der Waals surface area contributed by atoms with E-state index in [0.717, 1.165) is 35.2 Å². The predicted octanol–water partition coefficient (Wildman–Crippen LogP) is 3.92. The van der Waals surface area contributed by atoms with Crippen molar-refractivity contribution in [1.82, 2.24) is 4.98 Å². The number of hydrogen-bond acceptors (Lipinski definition) is 2. The molecule has 0 amide bonds. The van der Waals surface area contributed by atoms with E-state index in [4.69, 9.17) is 0 Å². The van der Waals surface area contributed by atoms with Gasteiger partial charge in [0, 0.05) is 11.8 Å². The second kappa shape index (κ2) is 4.86. The Morgan fingerprint density at radius 2 is 1.90 bits per heavy atom. The van der Waals surface area contributed by atoms with Crippen molar-refractivity contribution in [2.75, 3.05) is 0 Å². The van der Waals surface area contributed by atoms with Gasteiger partial charge in [0.25, 0.3) is 0 Å². The third-order valence-electron chi connectivity index (χ3n) is 4.20. The predicted molar refractivity (Wildman–Crippen MR) is 80.3 cm³/mol. The SMILES string of the molecule is Cc1cc(C)c(C(=O)C2CCc3cccnc32)c(C)c1. The van der Waals surface area contributed by atoms with Crippen LogP contribution in [0.2, 0.25) is 0 Å². The van der Waals surface area contributed by atoms with Crippen LogP contribution in [0.5, 0.6) is 0 Å². The van der Waals surface area contributed by atoms with Gasteiger partial charge < -0.3 is 0 Å². The average Bonchev–Trinajstić information content (AvgIpc) is 2.81. The Balaban J connectivity index is 2.03. The Morgan fingerprint density at radius 1 is 1.20 bits per heavy atom. The number of Topliss-reactive ketones (excluding diaryl/α,β-unsaturated/α-hetero) is 1. The van der Waals surface area contributed by atoms with E-state index >= 15 is 0 Å². The van der Waals surface area contributed by atoms with Crippen molar-refractivity contribution in [3.63, 3.8) is 0 Å². The lowest BCUT2D eigenvalue weighted by Crippen LogP contribution is -2.14. The fourth-order valence-corrected chi connectivity index (χ4v) is 3.41. The van der Waals surface area contributed by atoms with Crippen LogP contribution in [0.15, 0.2) is 30.5 Å². The van der Waals surface area contributed by atoms with Crippen molar-refractivity contribution in [3.8, 4) is 0 Å². The third-order valence-corrected chi connectivity index (χ3v) is 4.20. The van der Waals surface area contributed by atoms with Crippen molar-refractivity contribution in [3.05, 3.63) is 64.0 Å². The van der Waals surface area contributed by atoms with Gasteiger partial charge in [0.2, 0.25) is 0 Å². The van der Waals surface area contributed by atoms with Gasteiger partial charge in [-0.25, -0.2) is 0 Å². The van der Waals surface area contributed by atoms with Crippen LogP contribution in [-0.2, 0) is 6.42 Å². The van der Waals surface area contributed by atoms with Crippen LogP contribution >= 0.6 is 0 Å². The van der Waals surface area contributed by atoms with Gasteiger partial charge in [-0.05, 0) is 56.4 Å². The zero-order valence-corrected chi connectivity index (χ0v) is 12.2. The molecule has 0 spiro atoms. The Bertz CT molecular complexity index is 665. The second-order valence-electron chi connectivity index (χ2n) is 5.78. The number of rotatable bonds is 2.